The summed E-state index contributed by atoms with van der Waals surface area (Å²) in [5.41, 5.74) is 3.02. The number of hydrogen-bond donors (Lipinski definition) is 1. The van der Waals surface area contributed by atoms with E-state index in [2.05, 4.69) is 11.4 Å². The van der Waals surface area contributed by atoms with E-state index in [1.54, 1.807) is 43.3 Å². The van der Waals surface area contributed by atoms with Gasteiger partial charge in [-0.05, 0) is 67.4 Å². The number of benzene rings is 3. The fourth-order valence-corrected chi connectivity index (χ4v) is 3.32. The van der Waals surface area contributed by atoms with Crippen molar-refractivity contribution in [2.45, 2.75) is 13.8 Å². The fraction of sp³-hybridized carbons (Fsp3) is 0.154. The van der Waals surface area contributed by atoms with Crippen LogP contribution >= 0.6 is 11.6 Å². The summed E-state index contributed by atoms with van der Waals surface area (Å²) >= 11 is 6.42. The van der Waals surface area contributed by atoms with Crippen LogP contribution in [0.3, 0.4) is 0 Å². The third-order valence-corrected chi connectivity index (χ3v) is 4.86. The Bertz CT molecular complexity index is 1220. The highest BCUT2D eigenvalue weighted by molar-refractivity contribution is 6.32. The Morgan fingerprint density at radius 1 is 1.15 bits per heavy atom. The molecule has 0 aliphatic heterocycles. The van der Waals surface area contributed by atoms with Gasteiger partial charge in [0, 0.05) is 5.69 Å². The van der Waals surface area contributed by atoms with Crippen LogP contribution in [0.2, 0.25) is 5.02 Å². The van der Waals surface area contributed by atoms with E-state index in [0.717, 1.165) is 5.56 Å². The maximum atomic E-state index is 13.6. The largest absolute Gasteiger partial charge is 0.490 e. The Morgan fingerprint density at radius 2 is 1.91 bits per heavy atom. The van der Waals surface area contributed by atoms with Gasteiger partial charge in [0.2, 0.25) is 0 Å². The Labute approximate surface area is 197 Å². The number of rotatable bonds is 8. The van der Waals surface area contributed by atoms with Crippen molar-refractivity contribution in [1.82, 2.24) is 0 Å². The lowest BCUT2D eigenvalue weighted by atomic mass is 10.0. The maximum Gasteiger partial charge on any atom is 0.262 e. The van der Waals surface area contributed by atoms with Crippen molar-refractivity contribution >= 4 is 34.8 Å². The van der Waals surface area contributed by atoms with Crippen LogP contribution in [0.1, 0.15) is 23.6 Å². The van der Waals surface area contributed by atoms with Gasteiger partial charge in [-0.3, -0.25) is 4.79 Å². The molecule has 3 aromatic rings. The van der Waals surface area contributed by atoms with Gasteiger partial charge in [0.1, 0.15) is 5.82 Å². The highest BCUT2D eigenvalue weighted by atomic mass is 35.5. The molecular formula is C26H22ClFN2O3. The number of nitrogens with one attached hydrogen (secondary N) is 1. The lowest BCUT2D eigenvalue weighted by molar-refractivity contribution is -0.118. The molecule has 7 heteroatoms. The molecule has 0 aliphatic carbocycles. The van der Waals surface area contributed by atoms with Gasteiger partial charge in [-0.15, -0.1) is 0 Å². The van der Waals surface area contributed by atoms with E-state index in [4.69, 9.17) is 21.1 Å². The highest BCUT2D eigenvalue weighted by Crippen LogP contribution is 2.37. The molecule has 0 aromatic heterocycles. The highest BCUT2D eigenvalue weighted by Gasteiger charge is 2.15. The number of nitriles is 1. The molecule has 0 radical (unpaired) electrons. The van der Waals surface area contributed by atoms with Crippen LogP contribution < -0.4 is 14.8 Å². The molecule has 0 spiro atoms. The van der Waals surface area contributed by atoms with E-state index < -0.39 is 5.82 Å². The van der Waals surface area contributed by atoms with E-state index in [1.165, 1.54) is 18.2 Å². The maximum absolute atomic E-state index is 13.6. The quantitative estimate of drug-likeness (QED) is 0.315. The molecule has 0 bridgehead atoms. The lowest BCUT2D eigenvalue weighted by Crippen LogP contribution is -2.20. The summed E-state index contributed by atoms with van der Waals surface area (Å²) in [5.74, 6) is -0.233. The molecular weight excluding hydrogens is 443 g/mol. The Kier molecular flexibility index (Phi) is 8.06. The van der Waals surface area contributed by atoms with Gasteiger partial charge in [0.05, 0.1) is 23.3 Å². The minimum absolute atomic E-state index is 0.215. The van der Waals surface area contributed by atoms with Crippen molar-refractivity contribution in [3.8, 4) is 17.6 Å². The van der Waals surface area contributed by atoms with Crippen LogP contribution in [-0.4, -0.2) is 19.1 Å². The minimum atomic E-state index is -0.436. The standard InChI is InChI=1S/C26H22ClFN2O3/c1-3-32-24-13-18(11-20(15-29)19-5-4-6-21(28)14-19)12-23(27)26(24)33-16-25(31)30-22-9-7-17(2)8-10-22/h4-14H,3,16H2,1-2H3,(H,30,31)/b20-11-. The fourth-order valence-electron chi connectivity index (χ4n) is 3.05. The molecule has 0 saturated heterocycles. The first-order valence-corrected chi connectivity index (χ1v) is 10.6. The predicted octanol–water partition coefficient (Wildman–Crippen LogP) is 6.27. The van der Waals surface area contributed by atoms with Crippen LogP contribution in [-0.2, 0) is 4.79 Å². The number of aryl methyl sites for hydroxylation is 1. The second-order valence-corrected chi connectivity index (χ2v) is 7.55. The second-order valence-electron chi connectivity index (χ2n) is 7.15. The summed E-state index contributed by atoms with van der Waals surface area (Å²) in [6.07, 6.45) is 1.58. The summed E-state index contributed by atoms with van der Waals surface area (Å²) in [6, 6.07) is 18.5. The average Bonchev–Trinajstić information content (AvgIpc) is 2.78. The van der Waals surface area contributed by atoms with E-state index >= 15 is 0 Å². The molecule has 1 amide bonds. The zero-order chi connectivity index (χ0) is 23.8. The summed E-state index contributed by atoms with van der Waals surface area (Å²) in [7, 11) is 0. The van der Waals surface area contributed by atoms with Crippen molar-refractivity contribution in [3.63, 3.8) is 0 Å². The second kappa shape index (κ2) is 11.2. The number of allylic oxidation sites excluding steroid dienone is 1. The zero-order valence-electron chi connectivity index (χ0n) is 18.2. The molecule has 0 atom stereocenters. The van der Waals surface area contributed by atoms with E-state index in [0.29, 0.717) is 29.2 Å². The molecule has 0 unspecified atom stereocenters. The Balaban J connectivity index is 1.81. The van der Waals surface area contributed by atoms with Gasteiger partial charge in [-0.1, -0.05) is 41.4 Å². The molecule has 0 aliphatic rings. The molecule has 3 aromatic carbocycles. The third kappa shape index (κ3) is 6.58. The topological polar surface area (TPSA) is 71.3 Å². The zero-order valence-corrected chi connectivity index (χ0v) is 18.9. The van der Waals surface area contributed by atoms with Crippen molar-refractivity contribution in [1.29, 1.82) is 5.26 Å². The number of nitrogens with zero attached hydrogens (tertiary/aromatic N) is 1. The predicted molar refractivity (Wildman–Crippen MR) is 128 cm³/mol. The summed E-state index contributed by atoms with van der Waals surface area (Å²) < 4.78 is 24.9. The van der Waals surface area contributed by atoms with Gasteiger partial charge in [0.15, 0.2) is 18.1 Å². The number of anilines is 1. The van der Waals surface area contributed by atoms with Crippen LogP contribution in [0.15, 0.2) is 60.7 Å². The van der Waals surface area contributed by atoms with E-state index in [-0.39, 0.29) is 28.9 Å². The average molecular weight is 465 g/mol. The van der Waals surface area contributed by atoms with Gasteiger partial charge in [-0.25, -0.2) is 4.39 Å². The molecule has 5 nitrogen and oxygen atoms in total. The molecule has 0 saturated carbocycles. The number of amides is 1. The Hall–Kier alpha value is -3.82. The molecule has 3 rings (SSSR count). The Morgan fingerprint density at radius 3 is 2.58 bits per heavy atom. The first kappa shape index (κ1) is 23.8. The smallest absolute Gasteiger partial charge is 0.262 e. The first-order chi connectivity index (χ1) is 15.9. The third-order valence-electron chi connectivity index (χ3n) is 4.58. The van der Waals surface area contributed by atoms with Crippen LogP contribution in [0.4, 0.5) is 10.1 Å². The van der Waals surface area contributed by atoms with Crippen LogP contribution in [0, 0.1) is 24.1 Å². The first-order valence-electron chi connectivity index (χ1n) is 10.2. The number of hydrogen-bond acceptors (Lipinski definition) is 4. The number of carbonyl (C=O) groups excluding carboxylic acids is 1. The monoisotopic (exact) mass is 464 g/mol. The number of carbonyl (C=O) groups is 1. The summed E-state index contributed by atoms with van der Waals surface area (Å²) in [6.45, 7) is 3.83. The summed E-state index contributed by atoms with van der Waals surface area (Å²) in [4.78, 5) is 12.3. The molecule has 1 N–H and O–H groups in total. The molecule has 168 valence electrons. The van der Waals surface area contributed by atoms with Gasteiger partial charge < -0.3 is 14.8 Å². The van der Waals surface area contributed by atoms with Gasteiger partial charge in [0.25, 0.3) is 5.91 Å². The van der Waals surface area contributed by atoms with Gasteiger partial charge >= 0.3 is 0 Å². The summed E-state index contributed by atoms with van der Waals surface area (Å²) in [5, 5.41) is 12.5. The normalized spacial score (nSPS) is 10.9. The molecule has 33 heavy (non-hydrogen) atoms. The minimum Gasteiger partial charge on any atom is -0.490 e. The SMILES string of the molecule is CCOc1cc(/C=C(/C#N)c2cccc(F)c2)cc(Cl)c1OCC(=O)Nc1ccc(C)cc1. The van der Waals surface area contributed by atoms with E-state index in [1.807, 2.05) is 19.1 Å². The van der Waals surface area contributed by atoms with E-state index in [9.17, 15) is 14.4 Å². The van der Waals surface area contributed by atoms with Gasteiger partial charge in [-0.2, -0.15) is 5.26 Å². The van der Waals surface area contributed by atoms with Crippen LogP contribution in [0.5, 0.6) is 11.5 Å². The number of ether oxygens (including phenoxy) is 2. The van der Waals surface area contributed by atoms with Crippen molar-refractivity contribution in [2.75, 3.05) is 18.5 Å². The van der Waals surface area contributed by atoms with Crippen molar-refractivity contribution in [3.05, 3.63) is 88.2 Å². The van der Waals surface area contributed by atoms with Crippen molar-refractivity contribution in [2.24, 2.45) is 0 Å². The molecule has 0 fully saturated rings. The van der Waals surface area contributed by atoms with Crippen molar-refractivity contribution < 1.29 is 18.7 Å². The number of halogens is 2. The van der Waals surface area contributed by atoms with Crippen LogP contribution in [0.25, 0.3) is 11.6 Å². The molecule has 0 heterocycles. The lowest BCUT2D eigenvalue weighted by Gasteiger charge is -2.15.